The summed E-state index contributed by atoms with van der Waals surface area (Å²) >= 11 is 0. The minimum absolute atomic E-state index is 0.704. The first kappa shape index (κ1) is 12.6. The van der Waals surface area contributed by atoms with Crippen molar-refractivity contribution in [1.82, 2.24) is 5.32 Å². The highest BCUT2D eigenvalue weighted by atomic mass is 14.9. The molecule has 1 saturated carbocycles. The van der Waals surface area contributed by atoms with Gasteiger partial charge in [0.05, 0.1) is 0 Å². The molecule has 0 aliphatic heterocycles. The second kappa shape index (κ2) is 5.68. The molecular formula is C16H25N. The summed E-state index contributed by atoms with van der Waals surface area (Å²) in [7, 11) is 0. The van der Waals surface area contributed by atoms with Gasteiger partial charge in [-0.25, -0.2) is 0 Å². The Morgan fingerprint density at radius 1 is 1.24 bits per heavy atom. The van der Waals surface area contributed by atoms with Gasteiger partial charge in [-0.05, 0) is 36.3 Å². The maximum Gasteiger partial charge on any atom is 0.0127 e. The lowest BCUT2D eigenvalue weighted by Gasteiger charge is -2.24. The Bertz CT molecular complexity index is 333. The molecule has 0 radical (unpaired) electrons. The Kier molecular flexibility index (Phi) is 4.22. The zero-order valence-corrected chi connectivity index (χ0v) is 11.3. The Morgan fingerprint density at radius 2 is 1.94 bits per heavy atom. The molecular weight excluding hydrogens is 206 g/mol. The molecule has 1 aliphatic rings. The third kappa shape index (κ3) is 2.90. The minimum Gasteiger partial charge on any atom is -0.314 e. The zero-order valence-electron chi connectivity index (χ0n) is 11.3. The van der Waals surface area contributed by atoms with Gasteiger partial charge in [0.1, 0.15) is 0 Å². The van der Waals surface area contributed by atoms with Crippen molar-refractivity contribution >= 4 is 0 Å². The highest BCUT2D eigenvalue weighted by Crippen LogP contribution is 2.51. The van der Waals surface area contributed by atoms with E-state index >= 15 is 0 Å². The summed E-state index contributed by atoms with van der Waals surface area (Å²) in [5.74, 6) is 2.44. The highest BCUT2D eigenvalue weighted by Gasteiger charge is 2.44. The topological polar surface area (TPSA) is 12.0 Å². The summed E-state index contributed by atoms with van der Waals surface area (Å²) in [6.45, 7) is 7.99. The average Bonchev–Trinajstić information content (AvgIpc) is 3.16. The van der Waals surface area contributed by atoms with Crippen LogP contribution in [0.2, 0.25) is 0 Å². The van der Waals surface area contributed by atoms with Crippen LogP contribution in [0, 0.1) is 11.8 Å². The van der Waals surface area contributed by atoms with Crippen LogP contribution in [0.25, 0.3) is 0 Å². The molecule has 1 nitrogen and oxygen atoms in total. The van der Waals surface area contributed by atoms with Gasteiger partial charge in [0, 0.05) is 6.04 Å². The molecule has 0 heterocycles. The van der Waals surface area contributed by atoms with Crippen LogP contribution in [-0.2, 0) is 0 Å². The Labute approximate surface area is 106 Å². The monoisotopic (exact) mass is 231 g/mol. The molecule has 4 unspecified atom stereocenters. The molecule has 2 rings (SSSR count). The molecule has 1 aromatic carbocycles. The van der Waals surface area contributed by atoms with Crippen molar-refractivity contribution < 1.29 is 0 Å². The third-order valence-corrected chi connectivity index (χ3v) is 4.23. The lowest BCUT2D eigenvalue weighted by molar-refractivity contribution is 0.334. The van der Waals surface area contributed by atoms with Gasteiger partial charge in [0.2, 0.25) is 0 Å². The summed E-state index contributed by atoms with van der Waals surface area (Å²) in [5, 5.41) is 3.69. The maximum absolute atomic E-state index is 3.69. The molecule has 1 N–H and O–H groups in total. The van der Waals surface area contributed by atoms with E-state index in [-0.39, 0.29) is 0 Å². The van der Waals surface area contributed by atoms with Gasteiger partial charge in [-0.15, -0.1) is 0 Å². The van der Waals surface area contributed by atoms with E-state index in [0.717, 1.165) is 24.3 Å². The van der Waals surface area contributed by atoms with Crippen LogP contribution < -0.4 is 5.32 Å². The first-order valence-corrected chi connectivity index (χ1v) is 7.06. The summed E-state index contributed by atoms with van der Waals surface area (Å²) in [6.07, 6.45) is 2.64. The number of hydrogen-bond donors (Lipinski definition) is 1. The van der Waals surface area contributed by atoms with Crippen molar-refractivity contribution in [2.45, 2.75) is 45.6 Å². The summed E-state index contributed by atoms with van der Waals surface area (Å²) < 4.78 is 0. The van der Waals surface area contributed by atoms with Gasteiger partial charge in [0.15, 0.2) is 0 Å². The molecule has 17 heavy (non-hydrogen) atoms. The van der Waals surface area contributed by atoms with Gasteiger partial charge >= 0.3 is 0 Å². The first-order valence-electron chi connectivity index (χ1n) is 7.06. The van der Waals surface area contributed by atoms with Crippen LogP contribution in [0.4, 0.5) is 0 Å². The Balaban J connectivity index is 2.00. The van der Waals surface area contributed by atoms with E-state index in [1.807, 2.05) is 0 Å². The van der Waals surface area contributed by atoms with E-state index in [2.05, 4.69) is 56.4 Å². The van der Waals surface area contributed by atoms with Gasteiger partial charge < -0.3 is 5.32 Å². The second-order valence-corrected chi connectivity index (χ2v) is 5.39. The van der Waals surface area contributed by atoms with E-state index in [4.69, 9.17) is 0 Å². The molecule has 94 valence electrons. The van der Waals surface area contributed by atoms with Crippen LogP contribution >= 0.6 is 0 Å². The molecule has 0 amide bonds. The average molecular weight is 231 g/mol. The zero-order chi connectivity index (χ0) is 12.3. The van der Waals surface area contributed by atoms with Crippen molar-refractivity contribution in [1.29, 1.82) is 0 Å². The SMILES string of the molecule is CCNC(C(C)CC)C1CC1c1ccccc1. The maximum atomic E-state index is 3.69. The van der Waals surface area contributed by atoms with Crippen LogP contribution in [0.5, 0.6) is 0 Å². The van der Waals surface area contributed by atoms with Gasteiger partial charge in [0.25, 0.3) is 0 Å². The van der Waals surface area contributed by atoms with Gasteiger partial charge in [-0.2, -0.15) is 0 Å². The standard InChI is InChI=1S/C16H25N/c1-4-12(3)16(17-5-2)15-11-14(15)13-9-7-6-8-10-13/h6-10,12,14-17H,4-5,11H2,1-3H3. The van der Waals surface area contributed by atoms with Crippen LogP contribution in [0.1, 0.15) is 45.1 Å². The normalized spacial score (nSPS) is 26.5. The lowest BCUT2D eigenvalue weighted by atomic mass is 9.93. The quantitative estimate of drug-likeness (QED) is 0.785. The molecule has 0 spiro atoms. The molecule has 0 aromatic heterocycles. The van der Waals surface area contributed by atoms with Crippen molar-refractivity contribution in [2.24, 2.45) is 11.8 Å². The van der Waals surface area contributed by atoms with Gasteiger partial charge in [-0.3, -0.25) is 0 Å². The fourth-order valence-corrected chi connectivity index (χ4v) is 2.96. The highest BCUT2D eigenvalue weighted by molar-refractivity contribution is 5.26. The molecule has 0 saturated heterocycles. The smallest absolute Gasteiger partial charge is 0.0127 e. The summed E-state index contributed by atoms with van der Waals surface area (Å²) in [5.41, 5.74) is 1.53. The summed E-state index contributed by atoms with van der Waals surface area (Å²) in [6, 6.07) is 11.7. The minimum atomic E-state index is 0.704. The van der Waals surface area contributed by atoms with E-state index in [1.165, 1.54) is 18.4 Å². The second-order valence-electron chi connectivity index (χ2n) is 5.39. The number of benzene rings is 1. The van der Waals surface area contributed by atoms with Crippen LogP contribution in [0.15, 0.2) is 30.3 Å². The number of hydrogen-bond acceptors (Lipinski definition) is 1. The molecule has 1 heteroatoms. The molecule has 0 bridgehead atoms. The molecule has 1 fully saturated rings. The van der Waals surface area contributed by atoms with E-state index in [1.54, 1.807) is 0 Å². The van der Waals surface area contributed by atoms with Crippen molar-refractivity contribution in [3.63, 3.8) is 0 Å². The lowest BCUT2D eigenvalue weighted by Crippen LogP contribution is -2.37. The fourth-order valence-electron chi connectivity index (χ4n) is 2.96. The Morgan fingerprint density at radius 3 is 2.53 bits per heavy atom. The van der Waals surface area contributed by atoms with E-state index in [0.29, 0.717) is 6.04 Å². The summed E-state index contributed by atoms with van der Waals surface area (Å²) in [4.78, 5) is 0. The van der Waals surface area contributed by atoms with E-state index < -0.39 is 0 Å². The van der Waals surface area contributed by atoms with Crippen LogP contribution in [-0.4, -0.2) is 12.6 Å². The largest absolute Gasteiger partial charge is 0.314 e. The van der Waals surface area contributed by atoms with E-state index in [9.17, 15) is 0 Å². The van der Waals surface area contributed by atoms with Crippen molar-refractivity contribution in [3.05, 3.63) is 35.9 Å². The van der Waals surface area contributed by atoms with Crippen molar-refractivity contribution in [3.8, 4) is 0 Å². The predicted octanol–water partition coefficient (Wildman–Crippen LogP) is 3.81. The van der Waals surface area contributed by atoms with Crippen molar-refractivity contribution in [2.75, 3.05) is 6.54 Å². The first-order chi connectivity index (χ1) is 8.27. The predicted molar refractivity (Wildman–Crippen MR) is 74.2 cm³/mol. The third-order valence-electron chi connectivity index (χ3n) is 4.23. The fraction of sp³-hybridized carbons (Fsp3) is 0.625. The number of rotatable bonds is 6. The molecule has 1 aliphatic carbocycles. The van der Waals surface area contributed by atoms with Crippen LogP contribution in [0.3, 0.4) is 0 Å². The number of nitrogens with one attached hydrogen (secondary N) is 1. The Hall–Kier alpha value is -0.820. The van der Waals surface area contributed by atoms with Gasteiger partial charge in [-0.1, -0.05) is 57.5 Å². The molecule has 4 atom stereocenters. The molecule has 1 aromatic rings.